The Kier molecular flexibility index (Phi) is 2.31. The first-order chi connectivity index (χ1) is 7.02. The molecule has 0 unspecified atom stereocenters. The molecular weight excluding hydrogens is 182 g/mol. The third kappa shape index (κ3) is 2.04. The van der Waals surface area contributed by atoms with Crippen LogP contribution in [0.4, 0.5) is 0 Å². The van der Waals surface area contributed by atoms with Crippen molar-refractivity contribution in [3.05, 3.63) is 34.9 Å². The Morgan fingerprint density at radius 3 is 2.40 bits per heavy atom. The molecule has 78 valence electrons. The molecule has 1 fully saturated rings. The van der Waals surface area contributed by atoms with E-state index < -0.39 is 0 Å². The molecule has 1 heteroatoms. The molecule has 1 aliphatic carbocycles. The molecule has 0 amide bonds. The van der Waals surface area contributed by atoms with Gasteiger partial charge in [-0.1, -0.05) is 32.9 Å². The Balaban J connectivity index is 2.44. The molecule has 1 saturated carbocycles. The van der Waals surface area contributed by atoms with Crippen LogP contribution in [0.1, 0.15) is 56.2 Å². The van der Waals surface area contributed by atoms with Crippen LogP contribution in [0.15, 0.2) is 18.2 Å². The Morgan fingerprint density at radius 2 is 1.93 bits per heavy atom. The highest BCUT2D eigenvalue weighted by atomic mass is 14.3. The zero-order valence-corrected chi connectivity index (χ0v) is 9.67. The molecular formula is C14H17N. The van der Waals surface area contributed by atoms with E-state index >= 15 is 0 Å². The van der Waals surface area contributed by atoms with Crippen LogP contribution in [-0.4, -0.2) is 0 Å². The Hall–Kier alpha value is -1.29. The van der Waals surface area contributed by atoms with E-state index in [2.05, 4.69) is 45.0 Å². The maximum absolute atomic E-state index is 9.14. The minimum atomic E-state index is 0.133. The number of hydrogen-bond donors (Lipinski definition) is 0. The molecule has 0 atom stereocenters. The molecule has 0 saturated heterocycles. The number of nitriles is 1. The molecule has 1 nitrogen and oxygen atoms in total. The third-order valence-electron chi connectivity index (χ3n) is 3.06. The molecule has 0 N–H and O–H groups in total. The fourth-order valence-corrected chi connectivity index (χ4v) is 1.87. The van der Waals surface area contributed by atoms with E-state index in [-0.39, 0.29) is 5.41 Å². The topological polar surface area (TPSA) is 23.8 Å². The van der Waals surface area contributed by atoms with E-state index in [1.54, 1.807) is 0 Å². The molecule has 0 spiro atoms. The normalized spacial score (nSPS) is 16.1. The van der Waals surface area contributed by atoms with Crippen molar-refractivity contribution in [3.8, 4) is 6.07 Å². The highest BCUT2D eigenvalue weighted by molar-refractivity contribution is 5.45. The van der Waals surface area contributed by atoms with Crippen molar-refractivity contribution in [3.63, 3.8) is 0 Å². The van der Waals surface area contributed by atoms with Crippen molar-refractivity contribution in [2.75, 3.05) is 0 Å². The van der Waals surface area contributed by atoms with Gasteiger partial charge in [-0.25, -0.2) is 0 Å². The van der Waals surface area contributed by atoms with Crippen LogP contribution < -0.4 is 0 Å². The molecule has 0 radical (unpaired) electrons. The van der Waals surface area contributed by atoms with E-state index in [0.29, 0.717) is 5.92 Å². The summed E-state index contributed by atoms with van der Waals surface area (Å²) in [5.41, 5.74) is 3.52. The fourth-order valence-electron chi connectivity index (χ4n) is 1.87. The van der Waals surface area contributed by atoms with Crippen molar-refractivity contribution in [1.29, 1.82) is 5.26 Å². The first kappa shape index (κ1) is 10.2. The van der Waals surface area contributed by atoms with Gasteiger partial charge in [0, 0.05) is 0 Å². The van der Waals surface area contributed by atoms with Gasteiger partial charge in [-0.2, -0.15) is 5.26 Å². The third-order valence-corrected chi connectivity index (χ3v) is 3.06. The second-order valence-corrected chi connectivity index (χ2v) is 5.44. The largest absolute Gasteiger partial charge is 0.192 e. The van der Waals surface area contributed by atoms with Crippen molar-refractivity contribution in [1.82, 2.24) is 0 Å². The number of hydrogen-bond acceptors (Lipinski definition) is 1. The Bertz CT molecular complexity index is 414. The lowest BCUT2D eigenvalue weighted by molar-refractivity contribution is 0.589. The van der Waals surface area contributed by atoms with Gasteiger partial charge in [0.15, 0.2) is 0 Å². The van der Waals surface area contributed by atoms with Crippen LogP contribution in [0.25, 0.3) is 0 Å². The van der Waals surface area contributed by atoms with Gasteiger partial charge < -0.3 is 0 Å². The molecule has 1 aliphatic rings. The van der Waals surface area contributed by atoms with Gasteiger partial charge in [0.1, 0.15) is 0 Å². The predicted molar refractivity (Wildman–Crippen MR) is 61.8 cm³/mol. The summed E-state index contributed by atoms with van der Waals surface area (Å²) >= 11 is 0. The molecule has 2 rings (SSSR count). The van der Waals surface area contributed by atoms with E-state index in [9.17, 15) is 0 Å². The van der Waals surface area contributed by atoms with Crippen molar-refractivity contribution in [2.45, 2.75) is 44.9 Å². The lowest BCUT2D eigenvalue weighted by Crippen LogP contribution is -2.11. The van der Waals surface area contributed by atoms with Crippen molar-refractivity contribution < 1.29 is 0 Å². The molecule has 0 aliphatic heterocycles. The lowest BCUT2D eigenvalue weighted by atomic mass is 9.85. The molecule has 1 aromatic carbocycles. The molecule has 0 bridgehead atoms. The van der Waals surface area contributed by atoms with Gasteiger partial charge in [-0.3, -0.25) is 0 Å². The maximum atomic E-state index is 9.14. The van der Waals surface area contributed by atoms with Crippen LogP contribution in [0.5, 0.6) is 0 Å². The minimum Gasteiger partial charge on any atom is -0.192 e. The quantitative estimate of drug-likeness (QED) is 0.676. The first-order valence-electron chi connectivity index (χ1n) is 5.57. The summed E-state index contributed by atoms with van der Waals surface area (Å²) in [6, 6.07) is 8.72. The summed E-state index contributed by atoms with van der Waals surface area (Å²) in [5, 5.41) is 9.14. The first-order valence-corrected chi connectivity index (χ1v) is 5.57. The van der Waals surface area contributed by atoms with Gasteiger partial charge >= 0.3 is 0 Å². The minimum absolute atomic E-state index is 0.133. The molecule has 0 aromatic heterocycles. The second-order valence-electron chi connectivity index (χ2n) is 5.44. The zero-order chi connectivity index (χ0) is 11.1. The van der Waals surface area contributed by atoms with E-state index in [1.807, 2.05) is 0 Å². The monoisotopic (exact) mass is 199 g/mol. The molecule has 15 heavy (non-hydrogen) atoms. The van der Waals surface area contributed by atoms with Crippen LogP contribution in [-0.2, 0) is 5.41 Å². The SMILES string of the molecule is CC(C)(C)c1ccc(C2CC2)c(C#N)c1. The van der Waals surface area contributed by atoms with Gasteiger partial charge in [0.2, 0.25) is 0 Å². The van der Waals surface area contributed by atoms with E-state index in [0.717, 1.165) is 5.56 Å². The summed E-state index contributed by atoms with van der Waals surface area (Å²) in [5.74, 6) is 0.661. The van der Waals surface area contributed by atoms with Gasteiger partial charge in [-0.15, -0.1) is 0 Å². The van der Waals surface area contributed by atoms with Gasteiger partial charge in [0.05, 0.1) is 11.6 Å². The van der Waals surface area contributed by atoms with Crippen LogP contribution in [0.2, 0.25) is 0 Å². The summed E-state index contributed by atoms with van der Waals surface area (Å²) in [6.07, 6.45) is 2.51. The fraction of sp³-hybridized carbons (Fsp3) is 0.500. The summed E-state index contributed by atoms with van der Waals surface area (Å²) < 4.78 is 0. The van der Waals surface area contributed by atoms with E-state index in [1.165, 1.54) is 24.0 Å². The molecule has 0 heterocycles. The predicted octanol–water partition coefficient (Wildman–Crippen LogP) is 3.73. The highest BCUT2D eigenvalue weighted by Crippen LogP contribution is 2.42. The van der Waals surface area contributed by atoms with Gasteiger partial charge in [-0.05, 0) is 41.4 Å². The highest BCUT2D eigenvalue weighted by Gasteiger charge is 2.27. The van der Waals surface area contributed by atoms with Crippen LogP contribution in [0, 0.1) is 11.3 Å². The smallest absolute Gasteiger partial charge is 0.0994 e. The number of rotatable bonds is 1. The second kappa shape index (κ2) is 3.38. The van der Waals surface area contributed by atoms with E-state index in [4.69, 9.17) is 5.26 Å². The molecule has 1 aromatic rings. The average Bonchev–Trinajstić information content (AvgIpc) is 2.98. The zero-order valence-electron chi connectivity index (χ0n) is 9.67. The van der Waals surface area contributed by atoms with Crippen molar-refractivity contribution >= 4 is 0 Å². The number of nitrogens with zero attached hydrogens (tertiary/aromatic N) is 1. The van der Waals surface area contributed by atoms with Crippen LogP contribution in [0.3, 0.4) is 0 Å². The summed E-state index contributed by atoms with van der Waals surface area (Å²) in [6.45, 7) is 6.54. The van der Waals surface area contributed by atoms with Crippen molar-refractivity contribution in [2.24, 2.45) is 0 Å². The Labute approximate surface area is 91.7 Å². The summed E-state index contributed by atoms with van der Waals surface area (Å²) in [7, 11) is 0. The lowest BCUT2D eigenvalue weighted by Gasteiger charge is -2.20. The standard InChI is InChI=1S/C14H17N/c1-14(2,3)12-6-7-13(10-4-5-10)11(8-12)9-15/h6-8,10H,4-5H2,1-3H3. The van der Waals surface area contributed by atoms with Gasteiger partial charge in [0.25, 0.3) is 0 Å². The average molecular weight is 199 g/mol. The van der Waals surface area contributed by atoms with Crippen LogP contribution >= 0.6 is 0 Å². The summed E-state index contributed by atoms with van der Waals surface area (Å²) in [4.78, 5) is 0. The maximum Gasteiger partial charge on any atom is 0.0994 e. The number of benzene rings is 1. The Morgan fingerprint density at radius 1 is 1.27 bits per heavy atom.